The van der Waals surface area contributed by atoms with Gasteiger partial charge in [0.15, 0.2) is 0 Å². The van der Waals surface area contributed by atoms with Crippen LogP contribution in [0.25, 0.3) is 5.57 Å². The predicted molar refractivity (Wildman–Crippen MR) is 136 cm³/mol. The Bertz CT molecular complexity index is 1070. The maximum Gasteiger partial charge on any atom is 0.0673 e. The molecule has 1 aliphatic carbocycles. The summed E-state index contributed by atoms with van der Waals surface area (Å²) in [6.07, 6.45) is 10.8. The third-order valence-corrected chi connectivity index (χ3v) is 6.17. The maximum absolute atomic E-state index is 4.40. The van der Waals surface area contributed by atoms with Crippen LogP contribution in [0.4, 0.5) is 0 Å². The van der Waals surface area contributed by atoms with Crippen LogP contribution < -0.4 is 0 Å². The molecule has 0 saturated carbocycles. The third kappa shape index (κ3) is 3.79. The lowest BCUT2D eigenvalue weighted by Gasteiger charge is -2.35. The monoisotopic (exact) mass is 412 g/mol. The van der Waals surface area contributed by atoms with E-state index >= 15 is 0 Å². The molecule has 0 heterocycles. The molecule has 0 bridgehead atoms. The molecule has 2 aromatic carbocycles. The van der Waals surface area contributed by atoms with E-state index in [-0.39, 0.29) is 5.41 Å². The second-order valence-electron chi connectivity index (χ2n) is 8.36. The van der Waals surface area contributed by atoms with Crippen molar-refractivity contribution in [1.29, 1.82) is 0 Å². The molecule has 0 fully saturated rings. The fourth-order valence-corrected chi connectivity index (χ4v) is 4.62. The van der Waals surface area contributed by atoms with Crippen molar-refractivity contribution in [1.82, 2.24) is 0 Å². The summed E-state index contributed by atoms with van der Waals surface area (Å²) in [7, 11) is 0. The fourth-order valence-electron chi connectivity index (χ4n) is 4.51. The van der Waals surface area contributed by atoms with Gasteiger partial charge < -0.3 is 0 Å². The second-order valence-corrected chi connectivity index (χ2v) is 8.72. The molecule has 0 aromatic heterocycles. The summed E-state index contributed by atoms with van der Waals surface area (Å²) >= 11 is 4.40. The van der Waals surface area contributed by atoms with Crippen LogP contribution in [0.3, 0.4) is 0 Å². The fraction of sp³-hybridized carbons (Fsp3) is 0.241. The Labute approximate surface area is 187 Å². The number of thiol groups is 1. The molecule has 154 valence electrons. The highest BCUT2D eigenvalue weighted by Gasteiger charge is 2.45. The number of aryl methyl sites for hydroxylation is 2. The van der Waals surface area contributed by atoms with Crippen LogP contribution in [0, 0.1) is 13.8 Å². The van der Waals surface area contributed by atoms with E-state index in [2.05, 4.69) is 121 Å². The third-order valence-electron chi connectivity index (χ3n) is 5.96. The Morgan fingerprint density at radius 3 is 2.23 bits per heavy atom. The maximum atomic E-state index is 4.40. The first-order valence-electron chi connectivity index (χ1n) is 10.5. The summed E-state index contributed by atoms with van der Waals surface area (Å²) in [5.74, 6) is 0.720. The van der Waals surface area contributed by atoms with E-state index in [9.17, 15) is 0 Å². The molecule has 0 amide bonds. The quantitative estimate of drug-likeness (QED) is 0.361. The van der Waals surface area contributed by atoms with Gasteiger partial charge in [-0.1, -0.05) is 96.1 Å². The Hall–Kier alpha value is -2.51. The molecule has 0 nitrogen and oxygen atoms in total. The Morgan fingerprint density at radius 2 is 1.63 bits per heavy atom. The van der Waals surface area contributed by atoms with Crippen LogP contribution in [0.15, 0.2) is 96.1 Å². The molecule has 0 radical (unpaired) electrons. The first-order valence-corrected chi connectivity index (χ1v) is 11.1. The molecular formula is C29H32S. The van der Waals surface area contributed by atoms with E-state index < -0.39 is 0 Å². The van der Waals surface area contributed by atoms with Gasteiger partial charge in [0.05, 0.1) is 5.41 Å². The van der Waals surface area contributed by atoms with Crippen LogP contribution in [0.1, 0.15) is 48.6 Å². The van der Waals surface area contributed by atoms with Gasteiger partial charge in [-0.2, -0.15) is 12.6 Å². The van der Waals surface area contributed by atoms with Crippen LogP contribution >= 0.6 is 12.6 Å². The summed E-state index contributed by atoms with van der Waals surface area (Å²) in [5, 5.41) is 0. The first kappa shape index (κ1) is 22.2. The van der Waals surface area contributed by atoms with Crippen LogP contribution in [-0.4, -0.2) is 5.75 Å². The van der Waals surface area contributed by atoms with Crippen molar-refractivity contribution >= 4 is 18.2 Å². The molecule has 2 aromatic rings. The second kappa shape index (κ2) is 9.10. The molecule has 1 aliphatic rings. The van der Waals surface area contributed by atoms with Gasteiger partial charge in [-0.25, -0.2) is 0 Å². The van der Waals surface area contributed by atoms with Gasteiger partial charge in [-0.05, 0) is 68.0 Å². The Morgan fingerprint density at radius 1 is 0.967 bits per heavy atom. The lowest BCUT2D eigenvalue weighted by molar-refractivity contribution is 0.741. The number of benzene rings is 2. The summed E-state index contributed by atoms with van der Waals surface area (Å²) in [4.78, 5) is 0. The summed E-state index contributed by atoms with van der Waals surface area (Å²) in [6, 6.07) is 15.8. The van der Waals surface area contributed by atoms with Crippen LogP contribution in [0.2, 0.25) is 0 Å². The lowest BCUT2D eigenvalue weighted by Crippen LogP contribution is -2.29. The van der Waals surface area contributed by atoms with Gasteiger partial charge >= 0.3 is 0 Å². The number of allylic oxidation sites excluding steroid dienone is 8. The molecule has 3 rings (SSSR count). The minimum Gasteiger partial charge on any atom is -0.175 e. The summed E-state index contributed by atoms with van der Waals surface area (Å²) in [5.41, 5.74) is 11.2. The van der Waals surface area contributed by atoms with Gasteiger partial charge in [0.2, 0.25) is 0 Å². The minimum atomic E-state index is -0.362. The molecule has 0 N–H and O–H groups in total. The van der Waals surface area contributed by atoms with Crippen molar-refractivity contribution in [3.8, 4) is 0 Å². The van der Waals surface area contributed by atoms with Gasteiger partial charge in [-0.3, -0.25) is 0 Å². The first-order chi connectivity index (χ1) is 14.4. The van der Waals surface area contributed by atoms with E-state index in [0.717, 1.165) is 5.75 Å². The van der Waals surface area contributed by atoms with E-state index in [4.69, 9.17) is 0 Å². The SMILES string of the molecule is C=C/C(=C\C=C(C)C)C1(c2ccc(C)cc2)C(C)=C(/C=C\CS)c2ccc(C)cc21. The van der Waals surface area contributed by atoms with E-state index in [1.165, 1.54) is 50.1 Å². The number of hydrogen-bond acceptors (Lipinski definition) is 1. The highest BCUT2D eigenvalue weighted by atomic mass is 32.1. The van der Waals surface area contributed by atoms with Gasteiger partial charge in [0.25, 0.3) is 0 Å². The van der Waals surface area contributed by atoms with E-state index in [0.29, 0.717) is 0 Å². The molecule has 1 unspecified atom stereocenters. The molecule has 0 aliphatic heterocycles. The highest BCUT2D eigenvalue weighted by molar-refractivity contribution is 7.80. The summed E-state index contributed by atoms with van der Waals surface area (Å²) < 4.78 is 0. The molecular weight excluding hydrogens is 380 g/mol. The zero-order valence-corrected chi connectivity index (χ0v) is 19.7. The van der Waals surface area contributed by atoms with Gasteiger partial charge in [-0.15, -0.1) is 0 Å². The largest absolute Gasteiger partial charge is 0.175 e. The standard InChI is InChI=1S/C29H32S/c1-7-24(14-10-20(2)3)29(25-15-11-21(4)12-16-25)23(6)26(9-8-18-30)27-17-13-22(5)19-28(27)29/h7-17,19,30H,1,18H2,2-6H3/b9-8-,24-14+. The average Bonchev–Trinajstić information content (AvgIpc) is 2.95. The van der Waals surface area contributed by atoms with Crippen molar-refractivity contribution in [2.24, 2.45) is 0 Å². The average molecular weight is 413 g/mol. The van der Waals surface area contributed by atoms with Crippen molar-refractivity contribution in [2.45, 2.75) is 40.0 Å². The normalized spacial score (nSPS) is 18.7. The number of fused-ring (bicyclic) bond motifs is 1. The van der Waals surface area contributed by atoms with Gasteiger partial charge in [0.1, 0.15) is 0 Å². The topological polar surface area (TPSA) is 0 Å². The van der Waals surface area contributed by atoms with E-state index in [1.54, 1.807) is 0 Å². The Kier molecular flexibility index (Phi) is 6.73. The zero-order valence-electron chi connectivity index (χ0n) is 18.8. The lowest BCUT2D eigenvalue weighted by atomic mass is 9.66. The number of rotatable bonds is 6. The van der Waals surface area contributed by atoms with Crippen molar-refractivity contribution in [2.75, 3.05) is 5.75 Å². The molecule has 1 atom stereocenters. The smallest absolute Gasteiger partial charge is 0.0673 e. The van der Waals surface area contributed by atoms with Gasteiger partial charge in [0, 0.05) is 5.75 Å². The molecule has 30 heavy (non-hydrogen) atoms. The molecule has 0 spiro atoms. The van der Waals surface area contributed by atoms with E-state index in [1.807, 2.05) is 6.08 Å². The van der Waals surface area contributed by atoms with Crippen molar-refractivity contribution in [3.05, 3.63) is 124 Å². The highest BCUT2D eigenvalue weighted by Crippen LogP contribution is 2.55. The number of hydrogen-bond donors (Lipinski definition) is 1. The Balaban J connectivity index is 2.49. The molecule has 1 heteroatoms. The van der Waals surface area contributed by atoms with Crippen molar-refractivity contribution < 1.29 is 0 Å². The predicted octanol–water partition coefficient (Wildman–Crippen LogP) is 7.94. The van der Waals surface area contributed by atoms with Crippen molar-refractivity contribution in [3.63, 3.8) is 0 Å². The summed E-state index contributed by atoms with van der Waals surface area (Å²) in [6.45, 7) is 15.1. The zero-order chi connectivity index (χ0) is 21.9. The van der Waals surface area contributed by atoms with Crippen LogP contribution in [0.5, 0.6) is 0 Å². The molecule has 0 saturated heterocycles. The minimum absolute atomic E-state index is 0.362. The van der Waals surface area contributed by atoms with Crippen LogP contribution in [-0.2, 0) is 5.41 Å².